The molecule has 2 aromatic heterocycles. The van der Waals surface area contributed by atoms with Gasteiger partial charge in [0.05, 0.1) is 0 Å². The molecule has 0 aliphatic heterocycles. The third-order valence-corrected chi connectivity index (χ3v) is 5.43. The zero-order chi connectivity index (χ0) is 20.4. The zero-order valence-electron chi connectivity index (χ0n) is 16.2. The number of anilines is 1. The zero-order valence-corrected chi connectivity index (χ0v) is 16.2. The summed E-state index contributed by atoms with van der Waals surface area (Å²) < 4.78 is 27.6. The van der Waals surface area contributed by atoms with Gasteiger partial charge in [-0.15, -0.1) is 0 Å². The Labute approximate surface area is 168 Å². The Morgan fingerprint density at radius 3 is 2.55 bits per heavy atom. The first-order chi connectivity index (χ1) is 14.0. The van der Waals surface area contributed by atoms with Gasteiger partial charge in [0.25, 0.3) is 12.3 Å². The highest BCUT2D eigenvalue weighted by Gasteiger charge is 2.23. The van der Waals surface area contributed by atoms with Crippen molar-refractivity contribution in [3.8, 4) is 0 Å². The molecule has 2 N–H and O–H groups in total. The molecule has 152 valence electrons. The van der Waals surface area contributed by atoms with Gasteiger partial charge in [-0.1, -0.05) is 23.8 Å². The van der Waals surface area contributed by atoms with Gasteiger partial charge in [-0.2, -0.15) is 0 Å². The molecule has 29 heavy (non-hydrogen) atoms. The molecule has 1 amide bonds. The minimum atomic E-state index is -2.59. The summed E-state index contributed by atoms with van der Waals surface area (Å²) in [6.07, 6.45) is 2.33. The van der Waals surface area contributed by atoms with E-state index in [-0.39, 0.29) is 23.7 Å². The van der Waals surface area contributed by atoms with Crippen LogP contribution >= 0.6 is 0 Å². The number of halogens is 2. The monoisotopic (exact) mass is 398 g/mol. The number of nitrogens with one attached hydrogen (secondary N) is 2. The van der Waals surface area contributed by atoms with Crippen molar-refractivity contribution >= 4 is 17.4 Å². The van der Waals surface area contributed by atoms with Crippen molar-refractivity contribution in [2.24, 2.45) is 0 Å². The molecular weight excluding hydrogens is 374 g/mol. The van der Waals surface area contributed by atoms with Crippen LogP contribution in [-0.2, 0) is 0 Å². The van der Waals surface area contributed by atoms with E-state index in [1.807, 2.05) is 43.3 Å². The topological polar surface area (TPSA) is 58.4 Å². The minimum Gasteiger partial charge on any atom is -0.368 e. The third kappa shape index (κ3) is 4.39. The van der Waals surface area contributed by atoms with Crippen LogP contribution in [-0.4, -0.2) is 27.4 Å². The molecule has 0 unspecified atom stereocenters. The second kappa shape index (κ2) is 8.19. The van der Waals surface area contributed by atoms with E-state index in [0.29, 0.717) is 11.2 Å². The molecule has 0 spiro atoms. The summed E-state index contributed by atoms with van der Waals surface area (Å²) >= 11 is 0. The van der Waals surface area contributed by atoms with Crippen LogP contribution in [0.3, 0.4) is 0 Å². The van der Waals surface area contributed by atoms with Crippen LogP contribution in [0, 0.1) is 6.92 Å². The summed E-state index contributed by atoms with van der Waals surface area (Å²) in [4.78, 5) is 16.4. The highest BCUT2D eigenvalue weighted by Crippen LogP contribution is 2.25. The molecule has 2 heterocycles. The van der Waals surface area contributed by atoms with Crippen molar-refractivity contribution < 1.29 is 13.6 Å². The first kappa shape index (κ1) is 19.4. The molecule has 0 bridgehead atoms. The van der Waals surface area contributed by atoms with E-state index < -0.39 is 6.43 Å². The third-order valence-electron chi connectivity index (χ3n) is 5.43. The molecule has 1 aromatic carbocycles. The quantitative estimate of drug-likeness (QED) is 0.653. The summed E-state index contributed by atoms with van der Waals surface area (Å²) in [5.41, 5.74) is 2.03. The van der Waals surface area contributed by atoms with Crippen molar-refractivity contribution in [3.05, 3.63) is 65.5 Å². The molecule has 1 saturated carbocycles. The molecule has 0 saturated heterocycles. The number of benzene rings is 1. The number of hydrogen-bond acceptors (Lipinski definition) is 3. The minimum absolute atomic E-state index is 0.0344. The maximum absolute atomic E-state index is 13.0. The van der Waals surface area contributed by atoms with Crippen molar-refractivity contribution in [2.45, 2.75) is 51.1 Å². The fraction of sp³-hybridized carbons (Fsp3) is 0.364. The Bertz CT molecular complexity index is 1010. The van der Waals surface area contributed by atoms with Crippen molar-refractivity contribution in [1.82, 2.24) is 14.7 Å². The maximum atomic E-state index is 13.0. The number of fused-ring (bicyclic) bond motifs is 1. The maximum Gasteiger partial charge on any atom is 0.281 e. The van der Waals surface area contributed by atoms with Gasteiger partial charge in [0.1, 0.15) is 17.2 Å². The predicted octanol–water partition coefficient (Wildman–Crippen LogP) is 4.73. The Morgan fingerprint density at radius 2 is 1.83 bits per heavy atom. The summed E-state index contributed by atoms with van der Waals surface area (Å²) in [6, 6.07) is 13.4. The number of carbonyl (C=O) groups excluding carboxylic acids is 1. The smallest absolute Gasteiger partial charge is 0.281 e. The number of carbonyl (C=O) groups is 1. The van der Waals surface area contributed by atoms with Gasteiger partial charge in [-0.05, 0) is 56.9 Å². The summed E-state index contributed by atoms with van der Waals surface area (Å²) in [5.74, 6) is 0.724. The van der Waals surface area contributed by atoms with E-state index in [1.165, 1.54) is 6.20 Å². The van der Waals surface area contributed by atoms with Gasteiger partial charge in [-0.25, -0.2) is 13.8 Å². The highest BCUT2D eigenvalue weighted by molar-refractivity contribution is 5.94. The molecule has 0 radical (unpaired) electrons. The predicted molar refractivity (Wildman–Crippen MR) is 108 cm³/mol. The molecular formula is C22H24F2N4O. The largest absolute Gasteiger partial charge is 0.368 e. The average molecular weight is 398 g/mol. The lowest BCUT2D eigenvalue weighted by molar-refractivity contribution is 0.0926. The van der Waals surface area contributed by atoms with Crippen LogP contribution in [0.1, 0.15) is 53.7 Å². The number of nitrogens with zero attached hydrogens (tertiary/aromatic N) is 2. The van der Waals surface area contributed by atoms with Crippen LogP contribution in [0.25, 0.3) is 5.65 Å². The van der Waals surface area contributed by atoms with Crippen LogP contribution in [0.2, 0.25) is 0 Å². The van der Waals surface area contributed by atoms with Crippen LogP contribution in [0.15, 0.2) is 48.7 Å². The number of aryl methyl sites for hydroxylation is 1. The van der Waals surface area contributed by atoms with Gasteiger partial charge >= 0.3 is 0 Å². The van der Waals surface area contributed by atoms with Crippen LogP contribution in [0.4, 0.5) is 14.6 Å². The molecule has 1 aliphatic rings. The molecule has 7 heteroatoms. The van der Waals surface area contributed by atoms with Gasteiger partial charge in [0.15, 0.2) is 0 Å². The van der Waals surface area contributed by atoms with E-state index in [2.05, 4.69) is 15.6 Å². The lowest BCUT2D eigenvalue weighted by Crippen LogP contribution is -2.40. The van der Waals surface area contributed by atoms with Gasteiger partial charge < -0.3 is 10.6 Å². The first-order valence-corrected chi connectivity index (χ1v) is 9.90. The lowest BCUT2D eigenvalue weighted by atomic mass is 9.91. The lowest BCUT2D eigenvalue weighted by Gasteiger charge is -2.30. The fourth-order valence-corrected chi connectivity index (χ4v) is 3.90. The van der Waals surface area contributed by atoms with E-state index in [1.54, 1.807) is 10.5 Å². The van der Waals surface area contributed by atoms with E-state index >= 15 is 0 Å². The van der Waals surface area contributed by atoms with Crippen LogP contribution in [0.5, 0.6) is 0 Å². The van der Waals surface area contributed by atoms with Crippen molar-refractivity contribution in [2.75, 3.05) is 5.32 Å². The SMILES string of the molecule is Cc1cccc(C(=O)NC2CCC(Nc3cccc4nc(C(F)F)cn34)CC2)c1. The van der Waals surface area contributed by atoms with E-state index in [9.17, 15) is 13.6 Å². The second-order valence-electron chi connectivity index (χ2n) is 7.64. The molecule has 1 fully saturated rings. The molecule has 4 rings (SSSR count). The molecule has 0 atom stereocenters. The van der Waals surface area contributed by atoms with Crippen molar-refractivity contribution in [3.63, 3.8) is 0 Å². The number of alkyl halides is 2. The number of aromatic nitrogens is 2. The molecule has 5 nitrogen and oxygen atoms in total. The molecule has 3 aromatic rings. The number of rotatable bonds is 5. The van der Waals surface area contributed by atoms with Gasteiger partial charge in [0, 0.05) is 23.8 Å². The number of amides is 1. The highest BCUT2D eigenvalue weighted by atomic mass is 19.3. The number of imidazole rings is 1. The Morgan fingerprint density at radius 1 is 1.10 bits per heavy atom. The summed E-state index contributed by atoms with van der Waals surface area (Å²) in [7, 11) is 0. The summed E-state index contributed by atoms with van der Waals surface area (Å²) in [6.45, 7) is 1.97. The Balaban J connectivity index is 1.35. The number of hydrogen-bond donors (Lipinski definition) is 2. The van der Waals surface area contributed by atoms with Crippen LogP contribution < -0.4 is 10.6 Å². The normalized spacial score (nSPS) is 19.4. The van der Waals surface area contributed by atoms with Gasteiger partial charge in [-0.3, -0.25) is 9.20 Å². The standard InChI is InChI=1S/C22H24F2N4O/c1-14-4-2-5-15(12-14)22(29)26-17-10-8-16(9-11-17)25-19-6-3-7-20-27-18(21(23)24)13-28(19)20/h2-7,12-13,16-17,21,25H,8-11H2,1H3,(H,26,29). The Hall–Kier alpha value is -2.96. The van der Waals surface area contributed by atoms with Crippen molar-refractivity contribution in [1.29, 1.82) is 0 Å². The first-order valence-electron chi connectivity index (χ1n) is 9.90. The van der Waals surface area contributed by atoms with E-state index in [0.717, 1.165) is 37.1 Å². The van der Waals surface area contributed by atoms with Gasteiger partial charge in [0.2, 0.25) is 0 Å². The second-order valence-corrected chi connectivity index (χ2v) is 7.64. The van der Waals surface area contributed by atoms with E-state index in [4.69, 9.17) is 0 Å². The molecule has 1 aliphatic carbocycles. The average Bonchev–Trinajstić information content (AvgIpc) is 3.15. The summed E-state index contributed by atoms with van der Waals surface area (Å²) in [5, 5.41) is 6.58. The fourth-order valence-electron chi connectivity index (χ4n) is 3.90. The number of pyridine rings is 1. The Kier molecular flexibility index (Phi) is 5.47.